The summed E-state index contributed by atoms with van der Waals surface area (Å²) in [5.74, 6) is -0.645. The molecule has 24 heavy (non-hydrogen) atoms. The fourth-order valence-corrected chi connectivity index (χ4v) is 3.70. The van der Waals surface area contributed by atoms with Crippen LogP contribution in [0.4, 0.5) is 0 Å². The number of primary amides is 1. The Kier molecular flexibility index (Phi) is 4.97. The monoisotopic (exact) mass is 328 g/mol. The molecule has 0 spiro atoms. The van der Waals surface area contributed by atoms with E-state index in [-0.39, 0.29) is 36.4 Å². The molecule has 2 amide bonds. The van der Waals surface area contributed by atoms with Crippen LogP contribution in [-0.2, 0) is 22.4 Å². The van der Waals surface area contributed by atoms with Crippen LogP contribution in [0, 0.1) is 5.92 Å². The van der Waals surface area contributed by atoms with Crippen LogP contribution < -0.4 is 5.73 Å². The Morgan fingerprint density at radius 1 is 1.08 bits per heavy atom. The molecule has 1 aromatic carbocycles. The summed E-state index contributed by atoms with van der Waals surface area (Å²) >= 11 is 0. The highest BCUT2D eigenvalue weighted by molar-refractivity contribution is 5.98. The van der Waals surface area contributed by atoms with E-state index >= 15 is 0 Å². The van der Waals surface area contributed by atoms with E-state index < -0.39 is 0 Å². The van der Waals surface area contributed by atoms with E-state index in [2.05, 4.69) is 0 Å². The number of aryl methyl sites for hydroxylation is 2. The van der Waals surface area contributed by atoms with Gasteiger partial charge in [0.2, 0.25) is 11.8 Å². The fraction of sp³-hybridized carbons (Fsp3) is 0.526. The highest BCUT2D eigenvalue weighted by atomic mass is 16.2. The number of rotatable bonds is 5. The lowest BCUT2D eigenvalue weighted by molar-refractivity contribution is -0.134. The Balaban J connectivity index is 1.54. The molecule has 1 saturated heterocycles. The first-order valence-electron chi connectivity index (χ1n) is 8.76. The summed E-state index contributed by atoms with van der Waals surface area (Å²) < 4.78 is 0. The molecule has 1 aliphatic heterocycles. The minimum absolute atomic E-state index is 0.0153. The number of fused-ring (bicyclic) bond motifs is 1. The Hall–Kier alpha value is -2.17. The van der Waals surface area contributed by atoms with Crippen molar-refractivity contribution in [1.29, 1.82) is 0 Å². The van der Waals surface area contributed by atoms with Crippen molar-refractivity contribution in [1.82, 2.24) is 4.90 Å². The number of piperidine rings is 1. The van der Waals surface area contributed by atoms with Gasteiger partial charge >= 0.3 is 0 Å². The van der Waals surface area contributed by atoms with Crippen LogP contribution in [0.5, 0.6) is 0 Å². The molecule has 5 heteroatoms. The molecular formula is C19H24N2O3. The van der Waals surface area contributed by atoms with E-state index in [0.29, 0.717) is 18.7 Å². The summed E-state index contributed by atoms with van der Waals surface area (Å²) in [7, 11) is 0. The lowest BCUT2D eigenvalue weighted by atomic mass is 9.96. The molecule has 1 heterocycles. The number of Topliss-reactive ketones (excluding diaryl/α,β-unsaturated/α-hetero) is 1. The number of nitrogens with zero attached hydrogens (tertiary/aromatic N) is 1. The number of carbonyl (C=O) groups excluding carboxylic acids is 3. The Morgan fingerprint density at radius 2 is 1.88 bits per heavy atom. The van der Waals surface area contributed by atoms with Crippen molar-refractivity contribution in [3.8, 4) is 0 Å². The Labute approximate surface area is 142 Å². The van der Waals surface area contributed by atoms with Gasteiger partial charge in [-0.05, 0) is 49.3 Å². The van der Waals surface area contributed by atoms with Crippen molar-refractivity contribution in [3.05, 3.63) is 34.9 Å². The first-order valence-corrected chi connectivity index (χ1v) is 8.76. The highest BCUT2D eigenvalue weighted by Gasteiger charge is 2.27. The summed E-state index contributed by atoms with van der Waals surface area (Å²) in [6, 6.07) is 5.90. The maximum Gasteiger partial charge on any atom is 0.223 e. The second-order valence-electron chi connectivity index (χ2n) is 6.84. The molecular weight excluding hydrogens is 304 g/mol. The van der Waals surface area contributed by atoms with Crippen molar-refractivity contribution in [3.63, 3.8) is 0 Å². The van der Waals surface area contributed by atoms with E-state index in [1.807, 2.05) is 18.2 Å². The van der Waals surface area contributed by atoms with E-state index in [0.717, 1.165) is 32.1 Å². The number of ketones is 1. The largest absolute Gasteiger partial charge is 0.369 e. The molecule has 5 nitrogen and oxygen atoms in total. The minimum Gasteiger partial charge on any atom is -0.369 e. The lowest BCUT2D eigenvalue weighted by Gasteiger charge is -2.31. The average Bonchev–Trinajstić information content (AvgIpc) is 3.07. The molecule has 128 valence electrons. The van der Waals surface area contributed by atoms with Gasteiger partial charge in [-0.15, -0.1) is 0 Å². The predicted octanol–water partition coefficient (Wildman–Crippen LogP) is 1.86. The van der Waals surface area contributed by atoms with Gasteiger partial charge in [-0.25, -0.2) is 0 Å². The van der Waals surface area contributed by atoms with Crippen LogP contribution in [0.1, 0.15) is 53.6 Å². The number of nitrogens with two attached hydrogens (primary N) is 1. The smallest absolute Gasteiger partial charge is 0.223 e. The van der Waals surface area contributed by atoms with Crippen LogP contribution in [0.15, 0.2) is 18.2 Å². The molecule has 1 atom stereocenters. The number of benzene rings is 1. The van der Waals surface area contributed by atoms with Crippen molar-refractivity contribution < 1.29 is 14.4 Å². The fourth-order valence-electron chi connectivity index (χ4n) is 3.70. The third-order valence-electron chi connectivity index (χ3n) is 5.16. The van der Waals surface area contributed by atoms with Gasteiger partial charge < -0.3 is 10.6 Å². The minimum atomic E-state index is -0.346. The average molecular weight is 328 g/mol. The zero-order valence-electron chi connectivity index (χ0n) is 13.9. The number of carbonyl (C=O) groups is 3. The molecule has 0 radical (unpaired) electrons. The summed E-state index contributed by atoms with van der Waals surface area (Å²) in [6.45, 7) is 1.04. The van der Waals surface area contributed by atoms with E-state index in [1.165, 1.54) is 11.1 Å². The van der Waals surface area contributed by atoms with Crippen molar-refractivity contribution in [2.45, 2.75) is 44.9 Å². The van der Waals surface area contributed by atoms with Crippen LogP contribution in [0.3, 0.4) is 0 Å². The summed E-state index contributed by atoms with van der Waals surface area (Å²) in [6.07, 6.45) is 5.24. The third kappa shape index (κ3) is 3.66. The van der Waals surface area contributed by atoms with Gasteiger partial charge in [-0.3, -0.25) is 14.4 Å². The lowest BCUT2D eigenvalue weighted by Crippen LogP contribution is -2.44. The van der Waals surface area contributed by atoms with Crippen LogP contribution in [0.25, 0.3) is 0 Å². The molecule has 1 aliphatic carbocycles. The van der Waals surface area contributed by atoms with Gasteiger partial charge in [0.15, 0.2) is 5.78 Å². The second-order valence-corrected chi connectivity index (χ2v) is 6.84. The van der Waals surface area contributed by atoms with Crippen molar-refractivity contribution in [2.24, 2.45) is 11.7 Å². The van der Waals surface area contributed by atoms with Crippen molar-refractivity contribution in [2.75, 3.05) is 13.1 Å². The maximum atomic E-state index is 12.4. The van der Waals surface area contributed by atoms with Gasteiger partial charge in [-0.2, -0.15) is 0 Å². The van der Waals surface area contributed by atoms with Gasteiger partial charge in [-0.1, -0.05) is 12.1 Å². The Morgan fingerprint density at radius 3 is 2.67 bits per heavy atom. The van der Waals surface area contributed by atoms with Gasteiger partial charge in [0, 0.05) is 31.5 Å². The molecule has 0 aromatic heterocycles. The molecule has 2 N–H and O–H groups in total. The van der Waals surface area contributed by atoms with E-state index in [4.69, 9.17) is 5.73 Å². The summed E-state index contributed by atoms with van der Waals surface area (Å²) in [5.41, 5.74) is 8.66. The van der Waals surface area contributed by atoms with Gasteiger partial charge in [0.25, 0.3) is 0 Å². The van der Waals surface area contributed by atoms with Gasteiger partial charge in [0.05, 0.1) is 5.92 Å². The Bertz CT molecular complexity index is 669. The first kappa shape index (κ1) is 16.7. The first-order chi connectivity index (χ1) is 11.5. The van der Waals surface area contributed by atoms with Crippen LogP contribution in [0.2, 0.25) is 0 Å². The number of hydrogen-bond donors (Lipinski definition) is 1. The normalized spacial score (nSPS) is 19.8. The summed E-state index contributed by atoms with van der Waals surface area (Å²) in [5, 5.41) is 0. The molecule has 1 unspecified atom stereocenters. The zero-order chi connectivity index (χ0) is 17.1. The molecule has 1 fully saturated rings. The SMILES string of the molecule is NC(=O)C1CCCN(C(=O)CCC(=O)c2ccc3c(c2)CCC3)C1. The predicted molar refractivity (Wildman–Crippen MR) is 90.5 cm³/mol. The standard InChI is InChI=1S/C19H24N2O3/c20-19(24)16-5-2-10-21(12-16)18(23)9-8-17(22)15-7-6-13-3-1-4-14(13)11-15/h6-7,11,16H,1-5,8-10,12H2,(H2,20,24). The third-order valence-corrected chi connectivity index (χ3v) is 5.16. The molecule has 0 saturated carbocycles. The highest BCUT2D eigenvalue weighted by Crippen LogP contribution is 2.24. The zero-order valence-corrected chi connectivity index (χ0v) is 13.9. The van der Waals surface area contributed by atoms with E-state index in [1.54, 1.807) is 4.90 Å². The quantitative estimate of drug-likeness (QED) is 0.838. The van der Waals surface area contributed by atoms with Crippen LogP contribution >= 0.6 is 0 Å². The van der Waals surface area contributed by atoms with Gasteiger partial charge in [0.1, 0.15) is 0 Å². The molecule has 2 aliphatic rings. The van der Waals surface area contributed by atoms with E-state index in [9.17, 15) is 14.4 Å². The number of amides is 2. The van der Waals surface area contributed by atoms with Crippen molar-refractivity contribution >= 4 is 17.6 Å². The number of hydrogen-bond acceptors (Lipinski definition) is 3. The second kappa shape index (κ2) is 7.16. The molecule has 0 bridgehead atoms. The number of likely N-dealkylation sites (tertiary alicyclic amines) is 1. The molecule has 3 rings (SSSR count). The summed E-state index contributed by atoms with van der Waals surface area (Å²) in [4.78, 5) is 37.6. The topological polar surface area (TPSA) is 80.5 Å². The maximum absolute atomic E-state index is 12.4. The van der Waals surface area contributed by atoms with Crippen LogP contribution in [-0.4, -0.2) is 35.6 Å². The molecule has 1 aromatic rings.